The number of aryl methyl sites for hydroxylation is 2. The molecule has 2 aromatic carbocycles. The first-order valence-electron chi connectivity index (χ1n) is 8.40. The topological polar surface area (TPSA) is 119 Å². The second-order valence-electron chi connectivity index (χ2n) is 6.05. The van der Waals surface area contributed by atoms with Crippen LogP contribution in [0.15, 0.2) is 58.3 Å². The smallest absolute Gasteiger partial charge is 0.340 e. The zero-order chi connectivity index (χ0) is 20.9. The molecular formula is C18H22N2O6S2. The maximum atomic E-state index is 12.6. The van der Waals surface area contributed by atoms with Gasteiger partial charge in [0.1, 0.15) is 0 Å². The Kier molecular flexibility index (Phi) is 6.94. The summed E-state index contributed by atoms with van der Waals surface area (Å²) in [6.45, 7) is 5.06. The summed E-state index contributed by atoms with van der Waals surface area (Å²) in [5, 5.41) is 0. The van der Waals surface area contributed by atoms with E-state index in [0.717, 1.165) is 11.1 Å². The molecule has 0 spiro atoms. The van der Waals surface area contributed by atoms with Crippen LogP contribution in [0, 0.1) is 13.8 Å². The Balaban J connectivity index is 2.33. The van der Waals surface area contributed by atoms with E-state index in [1.807, 2.05) is 0 Å². The fourth-order valence-electron chi connectivity index (χ4n) is 2.23. The molecule has 0 unspecified atom stereocenters. The molecule has 2 aromatic rings. The highest BCUT2D eigenvalue weighted by Gasteiger charge is 2.31. The van der Waals surface area contributed by atoms with Crippen LogP contribution in [-0.4, -0.2) is 35.6 Å². The molecule has 28 heavy (non-hydrogen) atoms. The second kappa shape index (κ2) is 8.82. The first kappa shape index (κ1) is 22.0. The Morgan fingerprint density at radius 2 is 1.18 bits per heavy atom. The predicted molar refractivity (Wildman–Crippen MR) is 103 cm³/mol. The molecule has 0 fully saturated rings. The van der Waals surface area contributed by atoms with Crippen molar-refractivity contribution < 1.29 is 26.4 Å². The number of carbonyl (C=O) groups excluding carboxylic acids is 1. The molecule has 2 rings (SSSR count). The van der Waals surface area contributed by atoms with E-state index in [-0.39, 0.29) is 16.4 Å². The highest BCUT2D eigenvalue weighted by molar-refractivity contribution is 7.90. The van der Waals surface area contributed by atoms with Crippen LogP contribution in [0.2, 0.25) is 0 Å². The zero-order valence-corrected chi connectivity index (χ0v) is 17.3. The van der Waals surface area contributed by atoms with E-state index in [1.165, 1.54) is 31.2 Å². The second-order valence-corrected chi connectivity index (χ2v) is 9.48. The summed E-state index contributed by atoms with van der Waals surface area (Å²) in [4.78, 5) is 12.0. The molecule has 0 aliphatic carbocycles. The monoisotopic (exact) mass is 426 g/mol. The zero-order valence-electron chi connectivity index (χ0n) is 15.7. The Hall–Kier alpha value is -2.27. The molecule has 0 saturated heterocycles. The molecule has 152 valence electrons. The van der Waals surface area contributed by atoms with E-state index in [4.69, 9.17) is 4.74 Å². The SMILES string of the molecule is CCOC(=O)C(NS(=O)(=O)c1ccc(C)cc1)NS(=O)(=O)c1ccc(C)cc1. The molecule has 0 saturated carbocycles. The van der Waals surface area contributed by atoms with Crippen LogP contribution in [-0.2, 0) is 29.6 Å². The summed E-state index contributed by atoms with van der Waals surface area (Å²) in [7, 11) is -8.36. The van der Waals surface area contributed by atoms with E-state index in [1.54, 1.807) is 38.1 Å². The number of hydrogen-bond acceptors (Lipinski definition) is 6. The first-order chi connectivity index (χ1) is 13.0. The van der Waals surface area contributed by atoms with Gasteiger partial charge in [0.05, 0.1) is 16.4 Å². The van der Waals surface area contributed by atoms with Gasteiger partial charge in [-0.15, -0.1) is 0 Å². The fourth-order valence-corrected chi connectivity index (χ4v) is 4.49. The van der Waals surface area contributed by atoms with Gasteiger partial charge in [0.2, 0.25) is 20.0 Å². The number of sulfonamides is 2. The van der Waals surface area contributed by atoms with E-state index >= 15 is 0 Å². The molecule has 0 heterocycles. The molecular weight excluding hydrogens is 404 g/mol. The van der Waals surface area contributed by atoms with Crippen molar-refractivity contribution in [1.82, 2.24) is 9.44 Å². The van der Waals surface area contributed by atoms with Crippen molar-refractivity contribution in [3.63, 3.8) is 0 Å². The van der Waals surface area contributed by atoms with Gasteiger partial charge < -0.3 is 4.74 Å². The Morgan fingerprint density at radius 3 is 1.50 bits per heavy atom. The quantitative estimate of drug-likeness (QED) is 0.487. The van der Waals surface area contributed by atoms with Gasteiger partial charge >= 0.3 is 5.97 Å². The van der Waals surface area contributed by atoms with E-state index < -0.39 is 32.2 Å². The average Bonchev–Trinajstić information content (AvgIpc) is 2.61. The minimum atomic E-state index is -4.18. The van der Waals surface area contributed by atoms with Crippen LogP contribution >= 0.6 is 0 Å². The van der Waals surface area contributed by atoms with Crippen LogP contribution in [0.4, 0.5) is 0 Å². The van der Waals surface area contributed by atoms with Gasteiger partial charge in [0.25, 0.3) is 0 Å². The molecule has 8 nitrogen and oxygen atoms in total. The van der Waals surface area contributed by atoms with Crippen LogP contribution in [0.25, 0.3) is 0 Å². The lowest BCUT2D eigenvalue weighted by Crippen LogP contribution is -2.53. The number of rotatable bonds is 8. The third-order valence-electron chi connectivity index (χ3n) is 3.73. The number of hydrogen-bond donors (Lipinski definition) is 2. The number of esters is 1. The van der Waals surface area contributed by atoms with Crippen molar-refractivity contribution in [2.24, 2.45) is 0 Å². The lowest BCUT2D eigenvalue weighted by Gasteiger charge is -2.19. The Morgan fingerprint density at radius 1 is 0.821 bits per heavy atom. The number of carbonyl (C=O) groups is 1. The van der Waals surface area contributed by atoms with Gasteiger partial charge in [-0.3, -0.25) is 0 Å². The summed E-state index contributed by atoms with van der Waals surface area (Å²) in [5.41, 5.74) is 1.70. The molecule has 0 aliphatic heterocycles. The van der Waals surface area contributed by atoms with Crippen molar-refractivity contribution >= 4 is 26.0 Å². The van der Waals surface area contributed by atoms with Gasteiger partial charge in [-0.2, -0.15) is 9.44 Å². The Labute approximate surface area is 165 Å². The lowest BCUT2D eigenvalue weighted by atomic mass is 10.2. The molecule has 0 aliphatic rings. The minimum absolute atomic E-state index is 0.0478. The maximum absolute atomic E-state index is 12.6. The number of ether oxygens (including phenoxy) is 1. The third-order valence-corrected chi connectivity index (χ3v) is 6.61. The predicted octanol–water partition coefficient (Wildman–Crippen LogP) is 1.45. The van der Waals surface area contributed by atoms with Gasteiger partial charge in [0.15, 0.2) is 6.17 Å². The Bertz CT molecular complexity index is 953. The van der Waals surface area contributed by atoms with Gasteiger partial charge in [-0.1, -0.05) is 35.4 Å². The van der Waals surface area contributed by atoms with Crippen molar-refractivity contribution in [2.45, 2.75) is 36.7 Å². The maximum Gasteiger partial charge on any atom is 0.340 e. The summed E-state index contributed by atoms with van der Waals surface area (Å²) >= 11 is 0. The van der Waals surface area contributed by atoms with Crippen LogP contribution in [0.3, 0.4) is 0 Å². The largest absolute Gasteiger partial charge is 0.464 e. The molecule has 0 amide bonds. The summed E-state index contributed by atoms with van der Waals surface area (Å²) < 4.78 is 59.2. The molecule has 2 N–H and O–H groups in total. The summed E-state index contributed by atoms with van der Waals surface area (Å²) in [6, 6.07) is 11.8. The number of benzene rings is 2. The van der Waals surface area contributed by atoms with Crippen LogP contribution < -0.4 is 9.44 Å². The standard InChI is InChI=1S/C18H22N2O6S2/c1-4-26-18(21)17(19-27(22,23)15-9-5-13(2)6-10-15)20-28(24,25)16-11-7-14(3)8-12-16/h5-12,17,19-20H,4H2,1-3H3. The molecule has 0 radical (unpaired) electrons. The van der Waals surface area contributed by atoms with Crippen molar-refractivity contribution in [3.8, 4) is 0 Å². The van der Waals surface area contributed by atoms with Crippen LogP contribution in [0.1, 0.15) is 18.1 Å². The summed E-state index contributed by atoms with van der Waals surface area (Å²) in [5.74, 6) is -1.06. The van der Waals surface area contributed by atoms with Gasteiger partial charge in [-0.25, -0.2) is 21.6 Å². The molecule has 0 atom stereocenters. The highest BCUT2D eigenvalue weighted by Crippen LogP contribution is 2.13. The fraction of sp³-hybridized carbons (Fsp3) is 0.278. The first-order valence-corrected chi connectivity index (χ1v) is 11.4. The van der Waals surface area contributed by atoms with Crippen molar-refractivity contribution in [1.29, 1.82) is 0 Å². The number of nitrogens with one attached hydrogen (secondary N) is 2. The minimum Gasteiger partial charge on any atom is -0.464 e. The van der Waals surface area contributed by atoms with Crippen molar-refractivity contribution in [2.75, 3.05) is 6.61 Å². The lowest BCUT2D eigenvalue weighted by molar-refractivity contribution is -0.145. The average molecular weight is 427 g/mol. The molecule has 0 aromatic heterocycles. The highest BCUT2D eigenvalue weighted by atomic mass is 32.2. The summed E-state index contributed by atoms with van der Waals surface area (Å²) in [6.07, 6.45) is -1.82. The van der Waals surface area contributed by atoms with Crippen molar-refractivity contribution in [3.05, 3.63) is 59.7 Å². The van der Waals surface area contributed by atoms with E-state index in [0.29, 0.717) is 0 Å². The normalized spacial score (nSPS) is 12.1. The van der Waals surface area contributed by atoms with Crippen LogP contribution in [0.5, 0.6) is 0 Å². The van der Waals surface area contributed by atoms with Gasteiger partial charge in [0, 0.05) is 0 Å². The molecule has 0 bridgehead atoms. The third kappa shape index (κ3) is 5.61. The van der Waals surface area contributed by atoms with Gasteiger partial charge in [-0.05, 0) is 45.0 Å². The van der Waals surface area contributed by atoms with E-state index in [9.17, 15) is 21.6 Å². The molecule has 10 heteroatoms. The van der Waals surface area contributed by atoms with E-state index in [2.05, 4.69) is 9.44 Å².